The molecule has 1 aliphatic rings. The van der Waals surface area contributed by atoms with E-state index in [4.69, 9.17) is 0 Å². The smallest absolute Gasteiger partial charge is 0.257 e. The van der Waals surface area contributed by atoms with Crippen molar-refractivity contribution in [3.63, 3.8) is 0 Å². The second kappa shape index (κ2) is 8.47. The molecule has 1 aliphatic heterocycles. The second-order valence-corrected chi connectivity index (χ2v) is 8.20. The third-order valence-electron chi connectivity index (χ3n) is 5.85. The molecule has 0 radical (unpaired) electrons. The number of hydrogen-bond acceptors (Lipinski definition) is 5. The maximum Gasteiger partial charge on any atom is 0.257 e. The van der Waals surface area contributed by atoms with Crippen molar-refractivity contribution >= 4 is 23.1 Å². The molecule has 0 spiro atoms. The fraction of sp³-hybridized carbons (Fsp3) is 0.391. The summed E-state index contributed by atoms with van der Waals surface area (Å²) in [6.07, 6.45) is 1.64. The Hall–Kier alpha value is -3.26. The maximum absolute atomic E-state index is 13.1. The average molecular weight is 421 g/mol. The largest absolute Gasteiger partial charge is 0.336 e. The predicted octanol–water partition coefficient (Wildman–Crippen LogP) is 2.36. The van der Waals surface area contributed by atoms with E-state index in [1.165, 1.54) is 0 Å². The summed E-state index contributed by atoms with van der Waals surface area (Å²) in [4.78, 5) is 33.9. The zero-order valence-corrected chi connectivity index (χ0v) is 18.5. The number of aryl methyl sites for hydroxylation is 4. The Bertz CT molecular complexity index is 1120. The second-order valence-electron chi connectivity index (χ2n) is 8.20. The maximum atomic E-state index is 13.1. The molecule has 4 rings (SSSR count). The standard InChI is InChI=1S/C23H28N6O2/c1-15-6-5-7-16(2)22(15)25-21(30)14-27-8-10-28(11-9-27)23(31)19-13-24-20-12-17(3)26-29(20)18(19)4/h5-7,12-13H,8-11,14H2,1-4H3,(H,25,30). The lowest BCUT2D eigenvalue weighted by Crippen LogP contribution is -2.50. The highest BCUT2D eigenvalue weighted by atomic mass is 16.2. The van der Waals surface area contributed by atoms with Crippen LogP contribution in [0.2, 0.25) is 0 Å². The number of hydrogen-bond donors (Lipinski definition) is 1. The number of nitrogens with one attached hydrogen (secondary N) is 1. The van der Waals surface area contributed by atoms with E-state index in [1.807, 2.05) is 56.9 Å². The quantitative estimate of drug-likeness (QED) is 0.701. The van der Waals surface area contributed by atoms with Crippen LogP contribution in [-0.2, 0) is 4.79 Å². The summed E-state index contributed by atoms with van der Waals surface area (Å²) in [6, 6.07) is 7.86. The first kappa shape index (κ1) is 21.0. The number of amides is 2. The van der Waals surface area contributed by atoms with Crippen molar-refractivity contribution in [1.29, 1.82) is 0 Å². The predicted molar refractivity (Wildman–Crippen MR) is 119 cm³/mol. The van der Waals surface area contributed by atoms with Gasteiger partial charge in [0.2, 0.25) is 5.91 Å². The molecule has 1 fully saturated rings. The third kappa shape index (κ3) is 4.29. The van der Waals surface area contributed by atoms with Gasteiger partial charge >= 0.3 is 0 Å². The fourth-order valence-corrected chi connectivity index (χ4v) is 4.05. The Morgan fingerprint density at radius 1 is 1.03 bits per heavy atom. The molecule has 2 amide bonds. The minimum atomic E-state index is -0.0420. The highest BCUT2D eigenvalue weighted by molar-refractivity contribution is 5.95. The van der Waals surface area contributed by atoms with E-state index in [-0.39, 0.29) is 11.8 Å². The minimum Gasteiger partial charge on any atom is -0.336 e. The van der Waals surface area contributed by atoms with Crippen LogP contribution in [0.15, 0.2) is 30.5 Å². The van der Waals surface area contributed by atoms with Crippen LogP contribution in [0.3, 0.4) is 0 Å². The molecular formula is C23H28N6O2. The van der Waals surface area contributed by atoms with E-state index in [0.29, 0.717) is 38.3 Å². The number of carbonyl (C=O) groups is 2. The molecular weight excluding hydrogens is 392 g/mol. The third-order valence-corrected chi connectivity index (χ3v) is 5.85. The van der Waals surface area contributed by atoms with Crippen molar-refractivity contribution in [1.82, 2.24) is 24.4 Å². The van der Waals surface area contributed by atoms with Crippen LogP contribution in [0.1, 0.15) is 32.9 Å². The minimum absolute atomic E-state index is 0.0308. The Balaban J connectivity index is 1.36. The molecule has 1 saturated heterocycles. The van der Waals surface area contributed by atoms with E-state index in [0.717, 1.165) is 33.8 Å². The van der Waals surface area contributed by atoms with Gasteiger partial charge in [0.15, 0.2) is 5.65 Å². The lowest BCUT2D eigenvalue weighted by molar-refractivity contribution is -0.117. The SMILES string of the molecule is Cc1cc2ncc(C(=O)N3CCN(CC(=O)Nc4c(C)cccc4C)CC3)c(C)n2n1. The van der Waals surface area contributed by atoms with Gasteiger partial charge in [-0.3, -0.25) is 14.5 Å². The van der Waals surface area contributed by atoms with Crippen LogP contribution in [0.5, 0.6) is 0 Å². The molecule has 1 aromatic carbocycles. The number of rotatable bonds is 4. The van der Waals surface area contributed by atoms with Crippen molar-refractivity contribution in [2.45, 2.75) is 27.7 Å². The van der Waals surface area contributed by atoms with Crippen molar-refractivity contribution in [3.8, 4) is 0 Å². The van der Waals surface area contributed by atoms with E-state index in [9.17, 15) is 9.59 Å². The van der Waals surface area contributed by atoms with Gasteiger partial charge in [-0.15, -0.1) is 0 Å². The summed E-state index contributed by atoms with van der Waals surface area (Å²) in [7, 11) is 0. The van der Waals surface area contributed by atoms with Gasteiger partial charge in [-0.25, -0.2) is 9.50 Å². The number of piperazine rings is 1. The molecule has 0 unspecified atom stereocenters. The highest BCUT2D eigenvalue weighted by Gasteiger charge is 2.25. The van der Waals surface area contributed by atoms with Crippen molar-refractivity contribution in [2.75, 3.05) is 38.0 Å². The van der Waals surface area contributed by atoms with E-state index in [1.54, 1.807) is 10.7 Å². The first-order chi connectivity index (χ1) is 14.8. The molecule has 3 aromatic rings. The molecule has 1 N–H and O–H groups in total. The molecule has 0 bridgehead atoms. The molecule has 2 aromatic heterocycles. The topological polar surface area (TPSA) is 82.8 Å². The van der Waals surface area contributed by atoms with Crippen molar-refractivity contribution < 1.29 is 9.59 Å². The summed E-state index contributed by atoms with van der Waals surface area (Å²) in [5, 5.41) is 7.46. The Morgan fingerprint density at radius 3 is 2.39 bits per heavy atom. The molecule has 0 atom stereocenters. The number of anilines is 1. The number of fused-ring (bicyclic) bond motifs is 1. The number of para-hydroxylation sites is 1. The number of benzene rings is 1. The normalized spacial score (nSPS) is 14.8. The molecule has 8 nitrogen and oxygen atoms in total. The Morgan fingerprint density at radius 2 is 1.71 bits per heavy atom. The monoisotopic (exact) mass is 420 g/mol. The molecule has 0 saturated carbocycles. The lowest BCUT2D eigenvalue weighted by atomic mass is 10.1. The zero-order chi connectivity index (χ0) is 22.1. The van der Waals surface area contributed by atoms with Crippen molar-refractivity contribution in [2.24, 2.45) is 0 Å². The summed E-state index contributed by atoms with van der Waals surface area (Å²) in [5.41, 5.74) is 5.96. The van der Waals surface area contributed by atoms with Gasteiger partial charge in [-0.1, -0.05) is 18.2 Å². The molecule has 0 aliphatic carbocycles. The number of aromatic nitrogens is 3. The van der Waals surface area contributed by atoms with Crippen LogP contribution >= 0.6 is 0 Å². The van der Waals surface area contributed by atoms with Gasteiger partial charge in [0.05, 0.1) is 23.5 Å². The molecule has 3 heterocycles. The van der Waals surface area contributed by atoms with Gasteiger partial charge in [-0.05, 0) is 38.8 Å². The number of nitrogens with zero attached hydrogens (tertiary/aromatic N) is 5. The van der Waals surface area contributed by atoms with Gasteiger partial charge in [0.1, 0.15) is 0 Å². The van der Waals surface area contributed by atoms with E-state index in [2.05, 4.69) is 20.3 Å². The molecule has 162 valence electrons. The fourth-order valence-electron chi connectivity index (χ4n) is 4.05. The van der Waals surface area contributed by atoms with Crippen LogP contribution in [0, 0.1) is 27.7 Å². The van der Waals surface area contributed by atoms with Crippen LogP contribution < -0.4 is 5.32 Å². The summed E-state index contributed by atoms with van der Waals surface area (Å²) in [6.45, 7) is 10.6. The average Bonchev–Trinajstić information content (AvgIpc) is 3.13. The summed E-state index contributed by atoms with van der Waals surface area (Å²) >= 11 is 0. The molecule has 31 heavy (non-hydrogen) atoms. The summed E-state index contributed by atoms with van der Waals surface area (Å²) in [5.74, 6) is -0.0728. The Labute approximate surface area is 181 Å². The van der Waals surface area contributed by atoms with Crippen molar-refractivity contribution in [3.05, 3.63) is 58.5 Å². The first-order valence-corrected chi connectivity index (χ1v) is 10.5. The van der Waals surface area contributed by atoms with E-state index < -0.39 is 0 Å². The van der Waals surface area contributed by atoms with Gasteiger partial charge in [-0.2, -0.15) is 5.10 Å². The van der Waals surface area contributed by atoms with Crippen LogP contribution in [0.25, 0.3) is 5.65 Å². The lowest BCUT2D eigenvalue weighted by Gasteiger charge is -2.34. The summed E-state index contributed by atoms with van der Waals surface area (Å²) < 4.78 is 1.72. The molecule has 8 heteroatoms. The van der Waals surface area contributed by atoms with Crippen LogP contribution in [0.4, 0.5) is 5.69 Å². The Kier molecular flexibility index (Phi) is 5.73. The number of carbonyl (C=O) groups excluding carboxylic acids is 2. The van der Waals surface area contributed by atoms with Crippen LogP contribution in [-0.4, -0.2) is 68.9 Å². The first-order valence-electron chi connectivity index (χ1n) is 10.5. The zero-order valence-electron chi connectivity index (χ0n) is 18.5. The van der Waals surface area contributed by atoms with Gasteiger partial charge in [0, 0.05) is 44.1 Å². The highest BCUT2D eigenvalue weighted by Crippen LogP contribution is 2.19. The van der Waals surface area contributed by atoms with E-state index >= 15 is 0 Å². The van der Waals surface area contributed by atoms with Gasteiger partial charge in [0.25, 0.3) is 5.91 Å². The van der Waals surface area contributed by atoms with Gasteiger partial charge < -0.3 is 10.2 Å².